The number of fused-ring (bicyclic) bond motifs is 1. The summed E-state index contributed by atoms with van der Waals surface area (Å²) in [5.74, 6) is 1.56. The summed E-state index contributed by atoms with van der Waals surface area (Å²) < 4.78 is 5.36. The van der Waals surface area contributed by atoms with Gasteiger partial charge in [0.1, 0.15) is 5.75 Å². The van der Waals surface area contributed by atoms with E-state index >= 15 is 0 Å². The van der Waals surface area contributed by atoms with Crippen LogP contribution in [-0.2, 0) is 11.3 Å². The molecule has 2 aliphatic rings. The first kappa shape index (κ1) is 13.4. The van der Waals surface area contributed by atoms with Crippen LogP contribution < -0.4 is 15.4 Å². The maximum atomic E-state index is 11.3. The van der Waals surface area contributed by atoms with Crippen LogP contribution in [0.25, 0.3) is 0 Å². The van der Waals surface area contributed by atoms with Gasteiger partial charge in [-0.2, -0.15) is 0 Å². The zero-order valence-electron chi connectivity index (χ0n) is 11.9. The second kappa shape index (κ2) is 5.83. The Kier molecular flexibility index (Phi) is 3.92. The van der Waals surface area contributed by atoms with Gasteiger partial charge in [0.2, 0.25) is 0 Å². The van der Waals surface area contributed by atoms with Gasteiger partial charge in [-0.1, -0.05) is 13.0 Å². The SMILES string of the molecule is CC1CCC(NCc2ccc3c(c2)NC(=O)CO3)CC1. The third-order valence-electron chi connectivity index (χ3n) is 4.29. The summed E-state index contributed by atoms with van der Waals surface area (Å²) in [5.41, 5.74) is 1.98. The lowest BCUT2D eigenvalue weighted by Crippen LogP contribution is -2.32. The lowest BCUT2D eigenvalue weighted by atomic mass is 9.87. The average Bonchev–Trinajstić information content (AvgIpc) is 2.46. The monoisotopic (exact) mass is 274 g/mol. The lowest BCUT2D eigenvalue weighted by molar-refractivity contribution is -0.118. The summed E-state index contributed by atoms with van der Waals surface area (Å²) in [6, 6.07) is 6.64. The Bertz CT molecular complexity index is 493. The van der Waals surface area contributed by atoms with E-state index in [1.807, 2.05) is 12.1 Å². The van der Waals surface area contributed by atoms with Gasteiger partial charge in [-0.3, -0.25) is 4.79 Å². The van der Waals surface area contributed by atoms with Gasteiger partial charge in [0, 0.05) is 12.6 Å². The van der Waals surface area contributed by atoms with Crippen molar-refractivity contribution in [2.75, 3.05) is 11.9 Å². The topological polar surface area (TPSA) is 50.4 Å². The van der Waals surface area contributed by atoms with E-state index in [1.165, 1.54) is 31.2 Å². The quantitative estimate of drug-likeness (QED) is 0.891. The number of anilines is 1. The molecule has 1 aromatic carbocycles. The zero-order valence-corrected chi connectivity index (χ0v) is 11.9. The number of carbonyl (C=O) groups excluding carboxylic acids is 1. The average molecular weight is 274 g/mol. The second-order valence-corrected chi connectivity index (χ2v) is 6.01. The lowest BCUT2D eigenvalue weighted by Gasteiger charge is -2.27. The molecule has 0 bridgehead atoms. The smallest absolute Gasteiger partial charge is 0.262 e. The molecule has 1 fully saturated rings. The van der Waals surface area contributed by atoms with Gasteiger partial charge in [-0.15, -0.1) is 0 Å². The predicted octanol–water partition coefficient (Wildman–Crippen LogP) is 2.69. The van der Waals surface area contributed by atoms with E-state index in [4.69, 9.17) is 4.74 Å². The molecule has 0 spiro atoms. The van der Waals surface area contributed by atoms with Crippen molar-refractivity contribution in [2.45, 2.75) is 45.2 Å². The Labute approximate surface area is 119 Å². The Hall–Kier alpha value is -1.55. The van der Waals surface area contributed by atoms with Crippen LogP contribution in [0.5, 0.6) is 5.75 Å². The minimum Gasteiger partial charge on any atom is -0.482 e. The van der Waals surface area contributed by atoms with Crippen molar-refractivity contribution in [3.05, 3.63) is 23.8 Å². The van der Waals surface area contributed by atoms with Crippen LogP contribution in [0.15, 0.2) is 18.2 Å². The maximum absolute atomic E-state index is 11.3. The van der Waals surface area contributed by atoms with Crippen molar-refractivity contribution in [1.29, 1.82) is 0 Å². The van der Waals surface area contributed by atoms with Crippen molar-refractivity contribution in [3.63, 3.8) is 0 Å². The van der Waals surface area contributed by atoms with Crippen molar-refractivity contribution in [3.8, 4) is 5.75 Å². The van der Waals surface area contributed by atoms with Gasteiger partial charge in [-0.25, -0.2) is 0 Å². The van der Waals surface area contributed by atoms with Crippen LogP contribution in [0, 0.1) is 5.92 Å². The maximum Gasteiger partial charge on any atom is 0.262 e. The summed E-state index contributed by atoms with van der Waals surface area (Å²) in [7, 11) is 0. The van der Waals surface area contributed by atoms with E-state index < -0.39 is 0 Å². The first-order valence-corrected chi connectivity index (χ1v) is 7.49. The molecule has 0 atom stereocenters. The highest BCUT2D eigenvalue weighted by Crippen LogP contribution is 2.29. The predicted molar refractivity (Wildman–Crippen MR) is 78.8 cm³/mol. The fraction of sp³-hybridized carbons (Fsp3) is 0.562. The Morgan fingerprint density at radius 1 is 1.30 bits per heavy atom. The fourth-order valence-corrected chi connectivity index (χ4v) is 2.97. The number of carbonyl (C=O) groups is 1. The molecule has 0 unspecified atom stereocenters. The van der Waals surface area contributed by atoms with Crippen LogP contribution in [0.2, 0.25) is 0 Å². The molecule has 4 nitrogen and oxygen atoms in total. The number of amides is 1. The van der Waals surface area contributed by atoms with Gasteiger partial charge in [0.25, 0.3) is 5.91 Å². The van der Waals surface area contributed by atoms with Crippen LogP contribution in [-0.4, -0.2) is 18.6 Å². The molecule has 1 aliphatic heterocycles. The molecule has 2 N–H and O–H groups in total. The van der Waals surface area contributed by atoms with Crippen molar-refractivity contribution >= 4 is 11.6 Å². The molecule has 0 saturated heterocycles. The normalized spacial score (nSPS) is 25.6. The number of nitrogens with one attached hydrogen (secondary N) is 2. The first-order valence-electron chi connectivity index (χ1n) is 7.49. The highest BCUT2D eigenvalue weighted by atomic mass is 16.5. The standard InChI is InChI=1S/C16H22N2O2/c1-11-2-5-13(6-3-11)17-9-12-4-7-15-14(8-12)18-16(19)10-20-15/h4,7-8,11,13,17H,2-3,5-6,9-10H2,1H3,(H,18,19). The van der Waals surface area contributed by atoms with Gasteiger partial charge in [0.15, 0.2) is 6.61 Å². The molecule has 108 valence electrons. The van der Waals surface area contributed by atoms with E-state index in [1.54, 1.807) is 0 Å². The Morgan fingerprint density at radius 2 is 2.10 bits per heavy atom. The number of benzene rings is 1. The summed E-state index contributed by atoms with van der Waals surface area (Å²) in [6.45, 7) is 3.30. The number of rotatable bonds is 3. The van der Waals surface area contributed by atoms with Gasteiger partial charge < -0.3 is 15.4 Å². The van der Waals surface area contributed by atoms with Crippen molar-refractivity contribution in [2.24, 2.45) is 5.92 Å². The molecule has 1 saturated carbocycles. The molecule has 0 radical (unpaired) electrons. The third kappa shape index (κ3) is 3.12. The Morgan fingerprint density at radius 3 is 2.90 bits per heavy atom. The van der Waals surface area contributed by atoms with E-state index in [0.29, 0.717) is 6.04 Å². The van der Waals surface area contributed by atoms with Crippen molar-refractivity contribution in [1.82, 2.24) is 5.32 Å². The number of hydrogen-bond acceptors (Lipinski definition) is 3. The number of hydrogen-bond donors (Lipinski definition) is 2. The highest BCUT2D eigenvalue weighted by Gasteiger charge is 2.18. The molecular formula is C16H22N2O2. The molecular weight excluding hydrogens is 252 g/mol. The van der Waals surface area contributed by atoms with Crippen LogP contribution in [0.1, 0.15) is 38.2 Å². The van der Waals surface area contributed by atoms with Crippen LogP contribution in [0.4, 0.5) is 5.69 Å². The van der Waals surface area contributed by atoms with E-state index in [2.05, 4.69) is 23.6 Å². The molecule has 20 heavy (non-hydrogen) atoms. The zero-order chi connectivity index (χ0) is 13.9. The van der Waals surface area contributed by atoms with E-state index in [-0.39, 0.29) is 12.5 Å². The highest BCUT2D eigenvalue weighted by molar-refractivity contribution is 5.95. The minimum atomic E-state index is -0.0797. The third-order valence-corrected chi connectivity index (χ3v) is 4.29. The van der Waals surface area contributed by atoms with Gasteiger partial charge in [0.05, 0.1) is 5.69 Å². The molecule has 1 aromatic rings. The largest absolute Gasteiger partial charge is 0.482 e. The summed E-state index contributed by atoms with van der Waals surface area (Å²) in [6.07, 6.45) is 5.19. The molecule has 1 heterocycles. The van der Waals surface area contributed by atoms with Gasteiger partial charge >= 0.3 is 0 Å². The summed E-state index contributed by atoms with van der Waals surface area (Å²) >= 11 is 0. The molecule has 1 aliphatic carbocycles. The second-order valence-electron chi connectivity index (χ2n) is 6.01. The first-order chi connectivity index (χ1) is 9.70. The van der Waals surface area contributed by atoms with Gasteiger partial charge in [-0.05, 0) is 49.3 Å². The summed E-state index contributed by atoms with van der Waals surface area (Å²) in [4.78, 5) is 11.3. The van der Waals surface area contributed by atoms with E-state index in [0.717, 1.165) is 23.9 Å². The molecule has 1 amide bonds. The number of ether oxygens (including phenoxy) is 1. The van der Waals surface area contributed by atoms with Crippen LogP contribution >= 0.6 is 0 Å². The van der Waals surface area contributed by atoms with Crippen LogP contribution in [0.3, 0.4) is 0 Å². The molecule has 4 heteroatoms. The summed E-state index contributed by atoms with van der Waals surface area (Å²) in [5, 5.41) is 6.48. The Balaban J connectivity index is 1.58. The molecule has 3 rings (SSSR count). The minimum absolute atomic E-state index is 0.0797. The van der Waals surface area contributed by atoms with E-state index in [9.17, 15) is 4.79 Å². The molecule has 0 aromatic heterocycles. The fourth-order valence-electron chi connectivity index (χ4n) is 2.97. The van der Waals surface area contributed by atoms with Crippen molar-refractivity contribution < 1.29 is 9.53 Å².